The molecule has 1 aromatic carbocycles. The number of aromatic nitrogens is 2. The van der Waals surface area contributed by atoms with Crippen LogP contribution in [0.15, 0.2) is 18.2 Å². The summed E-state index contributed by atoms with van der Waals surface area (Å²) in [6.45, 7) is 6.41. The number of rotatable bonds is 4. The van der Waals surface area contributed by atoms with E-state index in [1.54, 1.807) is 0 Å². The summed E-state index contributed by atoms with van der Waals surface area (Å²) < 4.78 is 2.14. The maximum absolute atomic E-state index is 4.58. The first-order valence-corrected chi connectivity index (χ1v) is 7.07. The molecule has 0 radical (unpaired) electrons. The van der Waals surface area contributed by atoms with E-state index in [-0.39, 0.29) is 0 Å². The van der Waals surface area contributed by atoms with Crippen molar-refractivity contribution in [2.24, 2.45) is 13.0 Å². The zero-order valence-electron chi connectivity index (χ0n) is 11.7. The number of hydrogen-bond donors (Lipinski definition) is 2. The molecule has 0 saturated carbocycles. The van der Waals surface area contributed by atoms with E-state index in [4.69, 9.17) is 0 Å². The van der Waals surface area contributed by atoms with Crippen LogP contribution in [0.25, 0.3) is 11.0 Å². The average molecular weight is 258 g/mol. The Balaban J connectivity index is 1.64. The summed E-state index contributed by atoms with van der Waals surface area (Å²) in [6.07, 6.45) is 1.30. The van der Waals surface area contributed by atoms with Gasteiger partial charge in [-0.05, 0) is 56.6 Å². The third-order valence-electron chi connectivity index (χ3n) is 4.09. The average Bonchev–Trinajstić information content (AvgIpc) is 3.00. The maximum atomic E-state index is 4.58. The van der Waals surface area contributed by atoms with Gasteiger partial charge in [-0.25, -0.2) is 4.98 Å². The van der Waals surface area contributed by atoms with Crippen molar-refractivity contribution in [2.75, 3.05) is 19.6 Å². The van der Waals surface area contributed by atoms with E-state index in [0.717, 1.165) is 36.9 Å². The molecule has 1 aromatic heterocycles. The van der Waals surface area contributed by atoms with Crippen molar-refractivity contribution in [3.63, 3.8) is 0 Å². The standard InChI is InChI=1S/C15H22N4/c1-11-18-14-7-12(3-4-15(14)19(11)2)8-17-10-13-5-6-16-9-13/h3-4,7,13,16-17H,5-6,8-10H2,1-2H3. The first-order valence-electron chi connectivity index (χ1n) is 7.07. The smallest absolute Gasteiger partial charge is 0.106 e. The molecule has 0 bridgehead atoms. The molecule has 0 spiro atoms. The number of aryl methyl sites for hydroxylation is 2. The van der Waals surface area contributed by atoms with Gasteiger partial charge in [-0.3, -0.25) is 0 Å². The fraction of sp³-hybridized carbons (Fsp3) is 0.533. The lowest BCUT2D eigenvalue weighted by atomic mass is 10.1. The van der Waals surface area contributed by atoms with Gasteiger partial charge in [-0.15, -0.1) is 0 Å². The zero-order valence-corrected chi connectivity index (χ0v) is 11.7. The fourth-order valence-electron chi connectivity index (χ4n) is 2.79. The molecule has 1 unspecified atom stereocenters. The lowest BCUT2D eigenvalue weighted by Crippen LogP contribution is -2.24. The summed E-state index contributed by atoms with van der Waals surface area (Å²) >= 11 is 0. The van der Waals surface area contributed by atoms with Crippen LogP contribution in [0.5, 0.6) is 0 Å². The summed E-state index contributed by atoms with van der Waals surface area (Å²) in [5, 5.41) is 6.96. The van der Waals surface area contributed by atoms with Crippen LogP contribution >= 0.6 is 0 Å². The maximum Gasteiger partial charge on any atom is 0.106 e. The SMILES string of the molecule is Cc1nc2cc(CNCC3CCNC3)ccc2n1C. The summed E-state index contributed by atoms with van der Waals surface area (Å²) in [7, 11) is 2.07. The molecule has 1 atom stereocenters. The van der Waals surface area contributed by atoms with E-state index in [1.807, 2.05) is 6.92 Å². The summed E-state index contributed by atoms with van der Waals surface area (Å²) in [5.74, 6) is 1.86. The molecule has 0 amide bonds. The Morgan fingerprint density at radius 2 is 2.37 bits per heavy atom. The van der Waals surface area contributed by atoms with Crippen molar-refractivity contribution < 1.29 is 0 Å². The lowest BCUT2D eigenvalue weighted by Gasteiger charge is -2.10. The van der Waals surface area contributed by atoms with Crippen LogP contribution in [0, 0.1) is 12.8 Å². The number of benzene rings is 1. The van der Waals surface area contributed by atoms with Gasteiger partial charge in [0.25, 0.3) is 0 Å². The minimum atomic E-state index is 0.792. The lowest BCUT2D eigenvalue weighted by molar-refractivity contribution is 0.513. The van der Waals surface area contributed by atoms with Crippen LogP contribution in [0.2, 0.25) is 0 Å². The Labute approximate surface area is 114 Å². The van der Waals surface area contributed by atoms with Gasteiger partial charge in [0, 0.05) is 13.6 Å². The van der Waals surface area contributed by atoms with Crippen molar-refractivity contribution >= 4 is 11.0 Å². The van der Waals surface area contributed by atoms with Crippen LogP contribution in [0.4, 0.5) is 0 Å². The molecule has 1 saturated heterocycles. The first-order chi connectivity index (χ1) is 9.24. The van der Waals surface area contributed by atoms with Gasteiger partial charge in [-0.1, -0.05) is 6.07 Å². The highest BCUT2D eigenvalue weighted by Gasteiger charge is 2.13. The van der Waals surface area contributed by atoms with Crippen LogP contribution in [0.1, 0.15) is 17.8 Å². The van der Waals surface area contributed by atoms with E-state index in [2.05, 4.69) is 45.4 Å². The zero-order chi connectivity index (χ0) is 13.2. The summed E-state index contributed by atoms with van der Waals surface area (Å²) in [5.41, 5.74) is 3.62. The molecule has 0 aliphatic carbocycles. The van der Waals surface area contributed by atoms with Crippen LogP contribution in [-0.2, 0) is 13.6 Å². The number of fused-ring (bicyclic) bond motifs is 1. The molecule has 102 valence electrons. The second kappa shape index (κ2) is 5.31. The largest absolute Gasteiger partial charge is 0.331 e. The predicted molar refractivity (Wildman–Crippen MR) is 78.1 cm³/mol. The molecule has 4 nitrogen and oxygen atoms in total. The number of hydrogen-bond acceptors (Lipinski definition) is 3. The molecule has 3 rings (SSSR count). The van der Waals surface area contributed by atoms with Gasteiger partial charge < -0.3 is 15.2 Å². The number of nitrogens with zero attached hydrogens (tertiary/aromatic N) is 2. The summed E-state index contributed by atoms with van der Waals surface area (Å²) in [4.78, 5) is 4.58. The van der Waals surface area contributed by atoms with Gasteiger partial charge in [0.15, 0.2) is 0 Å². The van der Waals surface area contributed by atoms with Gasteiger partial charge in [-0.2, -0.15) is 0 Å². The van der Waals surface area contributed by atoms with Gasteiger partial charge >= 0.3 is 0 Å². The number of nitrogens with one attached hydrogen (secondary N) is 2. The van der Waals surface area contributed by atoms with Crippen LogP contribution in [-0.4, -0.2) is 29.2 Å². The molecule has 1 aliphatic heterocycles. The highest BCUT2D eigenvalue weighted by Crippen LogP contribution is 2.16. The van der Waals surface area contributed by atoms with E-state index in [9.17, 15) is 0 Å². The van der Waals surface area contributed by atoms with Crippen LogP contribution < -0.4 is 10.6 Å². The molecule has 19 heavy (non-hydrogen) atoms. The molecular weight excluding hydrogens is 236 g/mol. The Morgan fingerprint density at radius 1 is 1.47 bits per heavy atom. The Kier molecular flexibility index (Phi) is 3.53. The second-order valence-electron chi connectivity index (χ2n) is 5.53. The third kappa shape index (κ3) is 2.65. The highest BCUT2D eigenvalue weighted by atomic mass is 15.0. The minimum Gasteiger partial charge on any atom is -0.331 e. The molecule has 2 heterocycles. The van der Waals surface area contributed by atoms with E-state index in [0.29, 0.717) is 0 Å². The third-order valence-corrected chi connectivity index (χ3v) is 4.09. The van der Waals surface area contributed by atoms with Gasteiger partial charge in [0.1, 0.15) is 5.82 Å². The van der Waals surface area contributed by atoms with Gasteiger partial charge in [0.05, 0.1) is 11.0 Å². The topological polar surface area (TPSA) is 41.9 Å². The minimum absolute atomic E-state index is 0.792. The molecule has 1 fully saturated rings. The fourth-order valence-corrected chi connectivity index (χ4v) is 2.79. The second-order valence-corrected chi connectivity index (χ2v) is 5.53. The molecule has 4 heteroatoms. The Morgan fingerprint density at radius 3 is 3.16 bits per heavy atom. The Bertz CT molecular complexity index is 567. The highest BCUT2D eigenvalue weighted by molar-refractivity contribution is 5.76. The van der Waals surface area contributed by atoms with Crippen molar-refractivity contribution in [2.45, 2.75) is 19.9 Å². The van der Waals surface area contributed by atoms with Crippen molar-refractivity contribution in [3.8, 4) is 0 Å². The van der Waals surface area contributed by atoms with Crippen molar-refractivity contribution in [1.82, 2.24) is 20.2 Å². The van der Waals surface area contributed by atoms with Crippen molar-refractivity contribution in [3.05, 3.63) is 29.6 Å². The molecule has 2 aromatic rings. The first kappa shape index (κ1) is 12.6. The van der Waals surface area contributed by atoms with E-state index in [1.165, 1.54) is 24.0 Å². The molecular formula is C15H22N4. The van der Waals surface area contributed by atoms with Gasteiger partial charge in [0.2, 0.25) is 0 Å². The quantitative estimate of drug-likeness (QED) is 0.875. The molecule has 1 aliphatic rings. The van der Waals surface area contributed by atoms with Crippen LogP contribution in [0.3, 0.4) is 0 Å². The van der Waals surface area contributed by atoms with E-state index < -0.39 is 0 Å². The predicted octanol–water partition coefficient (Wildman–Crippen LogP) is 1.58. The Hall–Kier alpha value is -1.39. The monoisotopic (exact) mass is 258 g/mol. The summed E-state index contributed by atoms with van der Waals surface area (Å²) in [6, 6.07) is 6.56. The van der Waals surface area contributed by atoms with E-state index >= 15 is 0 Å². The number of imidazole rings is 1. The van der Waals surface area contributed by atoms with Crippen molar-refractivity contribution in [1.29, 1.82) is 0 Å². The molecule has 2 N–H and O–H groups in total. The normalized spacial score (nSPS) is 19.4.